The first-order valence-corrected chi connectivity index (χ1v) is 20.2. The Hall–Kier alpha value is -6.61. The molecule has 4 fully saturated rings. The number of ether oxygens (including phenoxy) is 2. The molecular formula is C42H40F2N10O6. The fourth-order valence-corrected chi connectivity index (χ4v) is 9.42. The largest absolute Gasteiger partial charge is 0.451 e. The van der Waals surface area contributed by atoms with E-state index < -0.39 is 35.3 Å². The number of hydrogen-bond acceptors (Lipinski definition) is 11. The van der Waals surface area contributed by atoms with Gasteiger partial charge in [-0.3, -0.25) is 34.1 Å². The van der Waals surface area contributed by atoms with E-state index in [1.54, 1.807) is 23.1 Å². The highest BCUT2D eigenvalue weighted by atomic mass is 19.1. The summed E-state index contributed by atoms with van der Waals surface area (Å²) in [5, 5.41) is 24.3. The zero-order chi connectivity index (χ0) is 41.2. The van der Waals surface area contributed by atoms with Crippen LogP contribution in [0.3, 0.4) is 0 Å². The monoisotopic (exact) mass is 818 g/mol. The summed E-state index contributed by atoms with van der Waals surface area (Å²) in [5.41, 5.74) is 2.45. The van der Waals surface area contributed by atoms with Crippen molar-refractivity contribution >= 4 is 51.4 Å². The lowest BCUT2D eigenvalue weighted by Crippen LogP contribution is -2.59. The Morgan fingerprint density at radius 3 is 2.38 bits per heavy atom. The fraction of sp³-hybridized carbons (Fsp3) is 0.405. The summed E-state index contributed by atoms with van der Waals surface area (Å²) >= 11 is 0. The van der Waals surface area contributed by atoms with Gasteiger partial charge in [0.2, 0.25) is 24.5 Å². The summed E-state index contributed by atoms with van der Waals surface area (Å²) in [6.07, 6.45) is 7.30. The average molecular weight is 819 g/mol. The van der Waals surface area contributed by atoms with E-state index >= 15 is 8.78 Å². The smallest absolute Gasteiger partial charge is 0.274 e. The van der Waals surface area contributed by atoms with Gasteiger partial charge in [0.25, 0.3) is 5.91 Å². The van der Waals surface area contributed by atoms with Gasteiger partial charge in [-0.1, -0.05) is 0 Å². The number of piperidine rings is 1. The van der Waals surface area contributed by atoms with Crippen molar-refractivity contribution in [1.29, 1.82) is 5.26 Å². The van der Waals surface area contributed by atoms with E-state index in [9.17, 15) is 24.4 Å². The molecule has 4 amide bonds. The Labute approximate surface area is 341 Å². The number of rotatable bonds is 7. The lowest BCUT2D eigenvalue weighted by molar-refractivity contribution is -0.138. The van der Waals surface area contributed by atoms with Crippen LogP contribution in [0.4, 0.5) is 20.2 Å². The number of amides is 4. The summed E-state index contributed by atoms with van der Waals surface area (Å²) in [5.74, 6) is -3.57. The first kappa shape index (κ1) is 37.6. The van der Waals surface area contributed by atoms with Gasteiger partial charge in [0.1, 0.15) is 28.9 Å². The molecule has 1 atom stereocenters. The van der Waals surface area contributed by atoms with Crippen LogP contribution in [0, 0.1) is 28.9 Å². The van der Waals surface area contributed by atoms with Gasteiger partial charge < -0.3 is 24.6 Å². The molecule has 1 saturated carbocycles. The van der Waals surface area contributed by atoms with Crippen molar-refractivity contribution in [2.24, 2.45) is 5.92 Å². The highest BCUT2D eigenvalue weighted by Gasteiger charge is 2.39. The number of carbonyl (C=O) groups excluding carboxylic acids is 4. The van der Waals surface area contributed by atoms with Crippen molar-refractivity contribution in [3.63, 3.8) is 0 Å². The number of nitrogens with zero attached hydrogens (tertiary/aromatic N) is 8. The summed E-state index contributed by atoms with van der Waals surface area (Å²) in [6, 6.07) is 11.9. The molecule has 3 aromatic heterocycles. The van der Waals surface area contributed by atoms with E-state index in [1.807, 2.05) is 21.8 Å². The van der Waals surface area contributed by atoms with Crippen LogP contribution >= 0.6 is 0 Å². The SMILES string of the molecule is N#Cc1cnn2c(C(=O)Nc3cc4cn(C5CCC(N6CCN(C(=O)C7CN(c8cc(F)c([C@H]9CCC(=O)NC9=O)c(F)c8)C7)CC6)CC5)nc4c4c3OCO4)ccc2c1. The third-order valence-corrected chi connectivity index (χ3v) is 12.7. The molecule has 60 heavy (non-hydrogen) atoms. The number of benzene rings is 2. The summed E-state index contributed by atoms with van der Waals surface area (Å²) in [7, 11) is 0. The first-order chi connectivity index (χ1) is 29.1. The molecule has 5 aliphatic rings. The second-order valence-electron chi connectivity index (χ2n) is 16.2. The topological polar surface area (TPSA) is 179 Å². The Kier molecular flexibility index (Phi) is 9.34. The molecule has 7 heterocycles. The highest BCUT2D eigenvalue weighted by Crippen LogP contribution is 2.46. The molecule has 2 aromatic carbocycles. The summed E-state index contributed by atoms with van der Waals surface area (Å²) in [4.78, 5) is 56.7. The molecule has 2 N–H and O–H groups in total. The number of hydrogen-bond donors (Lipinski definition) is 2. The van der Waals surface area contributed by atoms with E-state index in [0.29, 0.717) is 77.4 Å². The number of imide groups is 1. The molecule has 10 rings (SSSR count). The van der Waals surface area contributed by atoms with Gasteiger partial charge in [-0.2, -0.15) is 15.5 Å². The Balaban J connectivity index is 0.723. The van der Waals surface area contributed by atoms with Crippen LogP contribution in [0.25, 0.3) is 16.4 Å². The van der Waals surface area contributed by atoms with E-state index in [2.05, 4.69) is 26.7 Å². The van der Waals surface area contributed by atoms with Gasteiger partial charge >= 0.3 is 0 Å². The molecule has 0 unspecified atom stereocenters. The second-order valence-corrected chi connectivity index (χ2v) is 16.2. The number of nitrogens with one attached hydrogen (secondary N) is 2. The van der Waals surface area contributed by atoms with Crippen LogP contribution < -0.4 is 25.0 Å². The van der Waals surface area contributed by atoms with Crippen LogP contribution in [0.15, 0.2) is 48.8 Å². The van der Waals surface area contributed by atoms with Crippen molar-refractivity contribution in [3.8, 4) is 17.6 Å². The Morgan fingerprint density at radius 2 is 1.65 bits per heavy atom. The zero-order valence-electron chi connectivity index (χ0n) is 32.4. The number of aromatic nitrogens is 4. The number of nitriles is 1. The van der Waals surface area contributed by atoms with Crippen LogP contribution in [0.5, 0.6) is 11.5 Å². The lowest BCUT2D eigenvalue weighted by Gasteiger charge is -2.45. The molecule has 4 aliphatic heterocycles. The number of fused-ring (bicyclic) bond motifs is 4. The molecule has 0 bridgehead atoms. The van der Waals surface area contributed by atoms with Gasteiger partial charge in [0, 0.05) is 74.6 Å². The highest BCUT2D eigenvalue weighted by molar-refractivity contribution is 6.07. The number of piperazine rings is 1. The lowest BCUT2D eigenvalue weighted by atomic mass is 9.89. The fourth-order valence-electron chi connectivity index (χ4n) is 9.42. The summed E-state index contributed by atoms with van der Waals surface area (Å²) in [6.45, 7) is 3.50. The van der Waals surface area contributed by atoms with E-state index in [1.165, 1.54) is 22.8 Å². The van der Waals surface area contributed by atoms with Crippen molar-refractivity contribution in [1.82, 2.24) is 34.5 Å². The Bertz CT molecular complexity index is 2610. The van der Waals surface area contributed by atoms with Gasteiger partial charge in [-0.25, -0.2) is 13.3 Å². The normalized spacial score (nSPS) is 22.2. The van der Waals surface area contributed by atoms with E-state index in [0.717, 1.165) is 44.2 Å². The maximum atomic E-state index is 15.1. The molecule has 16 nitrogen and oxygen atoms in total. The minimum atomic E-state index is -1.06. The summed E-state index contributed by atoms with van der Waals surface area (Å²) < 4.78 is 45.3. The minimum Gasteiger partial charge on any atom is -0.451 e. The van der Waals surface area contributed by atoms with Gasteiger partial charge in [-0.15, -0.1) is 0 Å². The van der Waals surface area contributed by atoms with Crippen molar-refractivity contribution in [2.75, 3.05) is 56.3 Å². The predicted molar refractivity (Wildman–Crippen MR) is 210 cm³/mol. The van der Waals surface area contributed by atoms with E-state index in [4.69, 9.17) is 14.6 Å². The zero-order valence-corrected chi connectivity index (χ0v) is 32.4. The van der Waals surface area contributed by atoms with Crippen molar-refractivity contribution < 1.29 is 37.4 Å². The van der Waals surface area contributed by atoms with Crippen LogP contribution in [0.2, 0.25) is 0 Å². The molecule has 5 aromatic rings. The van der Waals surface area contributed by atoms with E-state index in [-0.39, 0.29) is 43.1 Å². The maximum Gasteiger partial charge on any atom is 0.274 e. The van der Waals surface area contributed by atoms with Crippen LogP contribution in [-0.4, -0.2) is 105 Å². The van der Waals surface area contributed by atoms with Gasteiger partial charge in [0.05, 0.1) is 40.8 Å². The van der Waals surface area contributed by atoms with Crippen LogP contribution in [0.1, 0.15) is 72.1 Å². The third kappa shape index (κ3) is 6.62. The molecule has 0 spiro atoms. The second kappa shape index (κ2) is 14.9. The minimum absolute atomic E-state index is 0.00627. The van der Waals surface area contributed by atoms with Crippen molar-refractivity contribution in [2.45, 2.75) is 56.5 Å². The predicted octanol–water partition coefficient (Wildman–Crippen LogP) is 4.10. The van der Waals surface area contributed by atoms with Gasteiger partial charge in [0.15, 0.2) is 11.5 Å². The molecule has 1 aliphatic carbocycles. The molecular weight excluding hydrogens is 779 g/mol. The maximum absolute atomic E-state index is 15.1. The number of anilines is 2. The third-order valence-electron chi connectivity index (χ3n) is 12.7. The molecule has 308 valence electrons. The quantitative estimate of drug-likeness (QED) is 0.226. The first-order valence-electron chi connectivity index (χ1n) is 20.2. The van der Waals surface area contributed by atoms with Crippen LogP contribution in [-0.2, 0) is 14.4 Å². The number of carbonyl (C=O) groups is 4. The molecule has 0 radical (unpaired) electrons. The van der Waals surface area contributed by atoms with Crippen molar-refractivity contribution in [3.05, 3.63) is 77.2 Å². The molecule has 3 saturated heterocycles. The average Bonchev–Trinajstić information content (AvgIpc) is 4.00. The van der Waals surface area contributed by atoms with Gasteiger partial charge in [-0.05, 0) is 68.5 Å². The Morgan fingerprint density at radius 1 is 0.917 bits per heavy atom. The molecule has 18 heteroatoms. The number of halogens is 2. The standard InChI is InChI=1S/C42H40F2N10O6/c43-31-15-29(16-32(44)36(31)30-6-8-35(55)48-40(30)56)52-19-25(20-52)42(58)51-11-9-50(10-12-51)26-1-3-27(4-2-26)53-21-24-14-33(38-39(37(24)49-53)60-22-59-38)47-41(57)34-7-5-28-13-23(17-45)18-46-54(28)34/h5,7,13-16,18,21,25-27,30H,1-4,6,8-12,19-20,22H2,(H,47,57)(H,48,55,56)/t26?,27?,30-/m1/s1.